The first kappa shape index (κ1) is 13.4. The van der Waals surface area contributed by atoms with E-state index < -0.39 is 0 Å². The highest BCUT2D eigenvalue weighted by molar-refractivity contribution is 9.10. The van der Waals surface area contributed by atoms with E-state index in [0.717, 1.165) is 15.6 Å². The summed E-state index contributed by atoms with van der Waals surface area (Å²) in [7, 11) is 0. The van der Waals surface area contributed by atoms with Gasteiger partial charge in [0.25, 0.3) is 0 Å². The second kappa shape index (κ2) is 4.46. The van der Waals surface area contributed by atoms with E-state index in [-0.39, 0.29) is 5.41 Å². The minimum atomic E-state index is 0.0306. The Kier molecular flexibility index (Phi) is 2.98. The molecule has 20 heavy (non-hydrogen) atoms. The summed E-state index contributed by atoms with van der Waals surface area (Å²) < 4.78 is 1.12. The van der Waals surface area contributed by atoms with Gasteiger partial charge in [-0.15, -0.1) is 0 Å². The molecule has 0 N–H and O–H groups in total. The first-order valence-electron chi connectivity index (χ1n) is 6.73. The number of hydrogen-bond donors (Lipinski definition) is 0. The zero-order chi connectivity index (χ0) is 14.5. The summed E-state index contributed by atoms with van der Waals surface area (Å²) in [6.45, 7) is 12.4. The van der Waals surface area contributed by atoms with E-state index >= 15 is 0 Å². The quantitative estimate of drug-likeness (QED) is 0.631. The van der Waals surface area contributed by atoms with Crippen molar-refractivity contribution in [2.75, 3.05) is 0 Å². The SMILES string of the molecule is C=Cc1cc2c(cc1C=C)C(C)(C)c1ccc(Br)cc1-2. The van der Waals surface area contributed by atoms with Gasteiger partial charge in [-0.1, -0.05) is 61.2 Å². The molecule has 0 radical (unpaired) electrons. The molecule has 0 saturated carbocycles. The fraction of sp³-hybridized carbons (Fsp3) is 0.158. The van der Waals surface area contributed by atoms with Crippen LogP contribution in [0.25, 0.3) is 23.3 Å². The Morgan fingerprint density at radius 2 is 1.50 bits per heavy atom. The molecule has 0 bridgehead atoms. The second-order valence-corrected chi connectivity index (χ2v) is 6.67. The predicted molar refractivity (Wildman–Crippen MR) is 91.9 cm³/mol. The predicted octanol–water partition coefficient (Wildman–Crippen LogP) is 6.04. The smallest absolute Gasteiger partial charge is 0.0181 e. The van der Waals surface area contributed by atoms with E-state index in [9.17, 15) is 0 Å². The van der Waals surface area contributed by atoms with Crippen molar-refractivity contribution >= 4 is 28.1 Å². The largest absolute Gasteiger partial charge is 0.0984 e. The highest BCUT2D eigenvalue weighted by Gasteiger charge is 2.35. The Morgan fingerprint density at radius 1 is 0.900 bits per heavy atom. The number of hydrogen-bond acceptors (Lipinski definition) is 0. The molecule has 1 aliphatic rings. The van der Waals surface area contributed by atoms with Gasteiger partial charge in [0.1, 0.15) is 0 Å². The molecule has 2 aromatic rings. The summed E-state index contributed by atoms with van der Waals surface area (Å²) in [5.41, 5.74) is 7.70. The first-order chi connectivity index (χ1) is 9.48. The molecule has 0 fully saturated rings. The minimum absolute atomic E-state index is 0.0306. The molecule has 0 nitrogen and oxygen atoms in total. The van der Waals surface area contributed by atoms with Crippen LogP contribution < -0.4 is 0 Å². The molecule has 3 rings (SSSR count). The maximum atomic E-state index is 3.92. The van der Waals surface area contributed by atoms with Crippen molar-refractivity contribution in [1.29, 1.82) is 0 Å². The van der Waals surface area contributed by atoms with Crippen molar-refractivity contribution in [2.45, 2.75) is 19.3 Å². The van der Waals surface area contributed by atoms with Crippen molar-refractivity contribution < 1.29 is 0 Å². The minimum Gasteiger partial charge on any atom is -0.0984 e. The summed E-state index contributed by atoms with van der Waals surface area (Å²) in [5.74, 6) is 0. The zero-order valence-corrected chi connectivity index (χ0v) is 13.4. The Labute approximate surface area is 129 Å². The Bertz CT molecular complexity index is 736. The van der Waals surface area contributed by atoms with Crippen molar-refractivity contribution in [3.63, 3.8) is 0 Å². The van der Waals surface area contributed by atoms with Gasteiger partial charge in [0.2, 0.25) is 0 Å². The van der Waals surface area contributed by atoms with Gasteiger partial charge in [0.05, 0.1) is 0 Å². The van der Waals surface area contributed by atoms with E-state index in [2.05, 4.69) is 73.3 Å². The lowest BCUT2D eigenvalue weighted by atomic mass is 9.81. The topological polar surface area (TPSA) is 0 Å². The summed E-state index contributed by atoms with van der Waals surface area (Å²) >= 11 is 3.58. The molecule has 0 aromatic heterocycles. The molecule has 1 heteroatoms. The third-order valence-electron chi connectivity index (χ3n) is 4.28. The molecule has 0 saturated heterocycles. The number of fused-ring (bicyclic) bond motifs is 3. The average molecular weight is 325 g/mol. The fourth-order valence-corrected chi connectivity index (χ4v) is 3.52. The van der Waals surface area contributed by atoms with Crippen LogP contribution >= 0.6 is 15.9 Å². The summed E-state index contributed by atoms with van der Waals surface area (Å²) in [4.78, 5) is 0. The van der Waals surface area contributed by atoms with Crippen LogP contribution in [0.2, 0.25) is 0 Å². The molecule has 0 unspecified atom stereocenters. The van der Waals surface area contributed by atoms with Gasteiger partial charge in [-0.25, -0.2) is 0 Å². The van der Waals surface area contributed by atoms with E-state index in [4.69, 9.17) is 0 Å². The third kappa shape index (κ3) is 1.73. The van der Waals surface area contributed by atoms with Crippen molar-refractivity contribution in [2.24, 2.45) is 0 Å². The molecule has 0 aliphatic heterocycles. The van der Waals surface area contributed by atoms with Crippen molar-refractivity contribution in [1.82, 2.24) is 0 Å². The third-order valence-corrected chi connectivity index (χ3v) is 4.77. The van der Waals surface area contributed by atoms with Gasteiger partial charge in [-0.2, -0.15) is 0 Å². The van der Waals surface area contributed by atoms with Crippen LogP contribution in [0, 0.1) is 0 Å². The van der Waals surface area contributed by atoms with Crippen LogP contribution in [-0.4, -0.2) is 0 Å². The zero-order valence-electron chi connectivity index (χ0n) is 11.8. The number of benzene rings is 2. The highest BCUT2D eigenvalue weighted by Crippen LogP contribution is 2.50. The molecule has 0 atom stereocenters. The van der Waals surface area contributed by atoms with Gasteiger partial charge in [0.15, 0.2) is 0 Å². The van der Waals surface area contributed by atoms with Crippen LogP contribution in [-0.2, 0) is 5.41 Å². The Morgan fingerprint density at radius 3 is 2.15 bits per heavy atom. The van der Waals surface area contributed by atoms with Gasteiger partial charge in [0, 0.05) is 9.89 Å². The standard InChI is InChI=1S/C19H17Br/c1-5-12-9-15-16-11-14(20)7-8-17(16)19(3,4)18(15)10-13(12)6-2/h5-11H,1-2H2,3-4H3. The van der Waals surface area contributed by atoms with Crippen LogP contribution in [0.1, 0.15) is 36.1 Å². The molecule has 100 valence electrons. The summed E-state index contributed by atoms with van der Waals surface area (Å²) in [5, 5.41) is 0. The van der Waals surface area contributed by atoms with Gasteiger partial charge < -0.3 is 0 Å². The lowest BCUT2D eigenvalue weighted by Gasteiger charge is -2.22. The van der Waals surface area contributed by atoms with E-state index in [0.29, 0.717) is 0 Å². The molecule has 0 amide bonds. The molecular weight excluding hydrogens is 308 g/mol. The van der Waals surface area contributed by atoms with Crippen molar-refractivity contribution in [3.05, 3.63) is 70.2 Å². The van der Waals surface area contributed by atoms with Crippen LogP contribution in [0.5, 0.6) is 0 Å². The average Bonchev–Trinajstić information content (AvgIpc) is 2.65. The molecule has 0 spiro atoms. The first-order valence-corrected chi connectivity index (χ1v) is 7.52. The lowest BCUT2D eigenvalue weighted by Crippen LogP contribution is -2.15. The summed E-state index contributed by atoms with van der Waals surface area (Å²) in [6, 6.07) is 11.0. The van der Waals surface area contributed by atoms with Crippen LogP contribution in [0.15, 0.2) is 48.0 Å². The molecule has 2 aromatic carbocycles. The molecule has 0 heterocycles. The van der Waals surface area contributed by atoms with E-state index in [1.54, 1.807) is 0 Å². The van der Waals surface area contributed by atoms with E-state index in [1.165, 1.54) is 22.3 Å². The van der Waals surface area contributed by atoms with Gasteiger partial charge in [-0.05, 0) is 57.6 Å². The van der Waals surface area contributed by atoms with Crippen LogP contribution in [0.3, 0.4) is 0 Å². The fourth-order valence-electron chi connectivity index (χ4n) is 3.16. The van der Waals surface area contributed by atoms with Crippen LogP contribution in [0.4, 0.5) is 0 Å². The number of rotatable bonds is 2. The maximum absolute atomic E-state index is 3.92. The van der Waals surface area contributed by atoms with E-state index in [1.807, 2.05) is 12.2 Å². The van der Waals surface area contributed by atoms with Crippen molar-refractivity contribution in [3.8, 4) is 11.1 Å². The molecular formula is C19H17Br. The lowest BCUT2D eigenvalue weighted by molar-refractivity contribution is 0.660. The monoisotopic (exact) mass is 324 g/mol. The maximum Gasteiger partial charge on any atom is 0.0181 e. The number of halogens is 1. The molecule has 1 aliphatic carbocycles. The Hall–Kier alpha value is -1.60. The normalized spacial score (nSPS) is 14.6. The second-order valence-electron chi connectivity index (χ2n) is 5.75. The van der Waals surface area contributed by atoms with Gasteiger partial charge in [-0.3, -0.25) is 0 Å². The van der Waals surface area contributed by atoms with Gasteiger partial charge >= 0.3 is 0 Å². The Balaban J connectivity index is 2.39. The highest BCUT2D eigenvalue weighted by atomic mass is 79.9. The summed E-state index contributed by atoms with van der Waals surface area (Å²) in [6.07, 6.45) is 3.81.